The van der Waals surface area contributed by atoms with Crippen LogP contribution in [0.2, 0.25) is 0 Å². The number of nitrogens with zero attached hydrogens (tertiary/aromatic N) is 2. The standard InChI is InChI=1S/C16H24N4O/c1-12-6-5-7-13(10-12)8-9-17-15-20-19-14(21-15)11-18-16(2,3)4/h5-7,10,18H,8-9,11H2,1-4H3,(H,17,20). The fraction of sp³-hybridized carbons (Fsp3) is 0.500. The Morgan fingerprint density at radius 1 is 1.19 bits per heavy atom. The first-order chi connectivity index (χ1) is 9.92. The molecule has 0 unspecified atom stereocenters. The van der Waals surface area contributed by atoms with Crippen LogP contribution in [0.3, 0.4) is 0 Å². The van der Waals surface area contributed by atoms with Crippen molar-refractivity contribution in [2.45, 2.75) is 46.2 Å². The van der Waals surface area contributed by atoms with Gasteiger partial charge in [-0.15, -0.1) is 5.10 Å². The van der Waals surface area contributed by atoms with Crippen LogP contribution in [0.25, 0.3) is 0 Å². The van der Waals surface area contributed by atoms with Crippen LogP contribution in [0.5, 0.6) is 0 Å². The van der Waals surface area contributed by atoms with Crippen molar-refractivity contribution in [1.29, 1.82) is 0 Å². The van der Waals surface area contributed by atoms with E-state index in [0.717, 1.165) is 13.0 Å². The highest BCUT2D eigenvalue weighted by atomic mass is 16.4. The number of hydrogen-bond donors (Lipinski definition) is 2. The molecule has 0 spiro atoms. The molecule has 0 radical (unpaired) electrons. The van der Waals surface area contributed by atoms with E-state index >= 15 is 0 Å². The van der Waals surface area contributed by atoms with Gasteiger partial charge in [0, 0.05) is 12.1 Å². The molecule has 2 rings (SSSR count). The maximum absolute atomic E-state index is 5.54. The summed E-state index contributed by atoms with van der Waals surface area (Å²) in [7, 11) is 0. The summed E-state index contributed by atoms with van der Waals surface area (Å²) in [6.45, 7) is 9.76. The topological polar surface area (TPSA) is 63.0 Å². The SMILES string of the molecule is Cc1cccc(CCNc2nnc(CNC(C)(C)C)o2)c1. The Morgan fingerprint density at radius 2 is 2.00 bits per heavy atom. The summed E-state index contributed by atoms with van der Waals surface area (Å²) in [4.78, 5) is 0. The van der Waals surface area contributed by atoms with Crippen LogP contribution in [0.4, 0.5) is 6.01 Å². The molecule has 21 heavy (non-hydrogen) atoms. The molecule has 0 bridgehead atoms. The van der Waals surface area contributed by atoms with E-state index in [9.17, 15) is 0 Å². The van der Waals surface area contributed by atoms with E-state index in [4.69, 9.17) is 4.42 Å². The third-order valence-electron chi connectivity index (χ3n) is 3.01. The van der Waals surface area contributed by atoms with Gasteiger partial charge in [0.15, 0.2) is 0 Å². The first-order valence-corrected chi connectivity index (χ1v) is 7.29. The van der Waals surface area contributed by atoms with Crippen molar-refractivity contribution in [3.8, 4) is 0 Å². The first-order valence-electron chi connectivity index (χ1n) is 7.29. The van der Waals surface area contributed by atoms with Gasteiger partial charge in [-0.2, -0.15) is 0 Å². The summed E-state index contributed by atoms with van der Waals surface area (Å²) in [6.07, 6.45) is 0.930. The Balaban J connectivity index is 1.78. The van der Waals surface area contributed by atoms with E-state index in [1.165, 1.54) is 11.1 Å². The number of hydrogen-bond acceptors (Lipinski definition) is 5. The summed E-state index contributed by atoms with van der Waals surface area (Å²) >= 11 is 0. The minimum atomic E-state index is 0.0350. The van der Waals surface area contributed by atoms with Gasteiger partial charge in [-0.3, -0.25) is 0 Å². The van der Waals surface area contributed by atoms with Crippen LogP contribution in [-0.2, 0) is 13.0 Å². The minimum absolute atomic E-state index is 0.0350. The maximum atomic E-state index is 5.54. The zero-order valence-electron chi connectivity index (χ0n) is 13.2. The van der Waals surface area contributed by atoms with Gasteiger partial charge in [0.25, 0.3) is 0 Å². The monoisotopic (exact) mass is 288 g/mol. The third kappa shape index (κ3) is 5.55. The largest absolute Gasteiger partial charge is 0.407 e. The van der Waals surface area contributed by atoms with Crippen molar-refractivity contribution in [2.24, 2.45) is 0 Å². The summed E-state index contributed by atoms with van der Waals surface area (Å²) in [5.41, 5.74) is 2.62. The molecule has 0 fully saturated rings. The first kappa shape index (κ1) is 15.5. The minimum Gasteiger partial charge on any atom is -0.407 e. The molecule has 0 aliphatic rings. The summed E-state index contributed by atoms with van der Waals surface area (Å²) in [6, 6.07) is 8.97. The molecule has 1 aromatic carbocycles. The van der Waals surface area contributed by atoms with Gasteiger partial charge in [-0.05, 0) is 39.7 Å². The summed E-state index contributed by atoms with van der Waals surface area (Å²) in [5.74, 6) is 0.600. The van der Waals surface area contributed by atoms with Crippen LogP contribution in [0, 0.1) is 6.92 Å². The van der Waals surface area contributed by atoms with E-state index in [2.05, 4.69) is 72.8 Å². The van der Waals surface area contributed by atoms with E-state index in [0.29, 0.717) is 18.5 Å². The molecule has 2 aromatic rings. The molecule has 0 aliphatic heterocycles. The molecule has 114 valence electrons. The highest BCUT2D eigenvalue weighted by Gasteiger charge is 2.11. The van der Waals surface area contributed by atoms with Gasteiger partial charge in [0.1, 0.15) is 0 Å². The molecular formula is C16H24N4O. The molecule has 0 aliphatic carbocycles. The average Bonchev–Trinajstić information content (AvgIpc) is 2.84. The van der Waals surface area contributed by atoms with Gasteiger partial charge < -0.3 is 15.1 Å². The second-order valence-corrected chi connectivity index (χ2v) is 6.27. The van der Waals surface area contributed by atoms with Crippen molar-refractivity contribution in [1.82, 2.24) is 15.5 Å². The van der Waals surface area contributed by atoms with Crippen LogP contribution in [-0.4, -0.2) is 22.3 Å². The smallest absolute Gasteiger partial charge is 0.315 e. The van der Waals surface area contributed by atoms with Gasteiger partial charge >= 0.3 is 6.01 Å². The van der Waals surface area contributed by atoms with Crippen LogP contribution >= 0.6 is 0 Å². The summed E-state index contributed by atoms with van der Waals surface area (Å²) < 4.78 is 5.54. The molecule has 1 heterocycles. The Labute approximate surface area is 126 Å². The lowest BCUT2D eigenvalue weighted by Gasteiger charge is -2.18. The van der Waals surface area contributed by atoms with Crippen LogP contribution in [0.15, 0.2) is 28.7 Å². The zero-order valence-corrected chi connectivity index (χ0v) is 13.2. The predicted molar refractivity (Wildman–Crippen MR) is 84.3 cm³/mol. The number of benzene rings is 1. The highest BCUT2D eigenvalue weighted by molar-refractivity contribution is 5.24. The van der Waals surface area contributed by atoms with E-state index < -0.39 is 0 Å². The Bertz CT molecular complexity index is 572. The van der Waals surface area contributed by atoms with Crippen LogP contribution < -0.4 is 10.6 Å². The molecule has 0 saturated carbocycles. The average molecular weight is 288 g/mol. The maximum Gasteiger partial charge on any atom is 0.315 e. The second-order valence-electron chi connectivity index (χ2n) is 6.27. The van der Waals surface area contributed by atoms with E-state index in [-0.39, 0.29) is 5.54 Å². The van der Waals surface area contributed by atoms with Gasteiger partial charge in [-0.25, -0.2) is 0 Å². The van der Waals surface area contributed by atoms with Crippen molar-refractivity contribution >= 4 is 6.01 Å². The fourth-order valence-corrected chi connectivity index (χ4v) is 1.92. The molecule has 0 atom stereocenters. The fourth-order valence-electron chi connectivity index (χ4n) is 1.92. The second kappa shape index (κ2) is 6.72. The van der Waals surface area contributed by atoms with Crippen molar-refractivity contribution in [2.75, 3.05) is 11.9 Å². The Kier molecular flexibility index (Phi) is 4.96. The van der Waals surface area contributed by atoms with E-state index in [1.54, 1.807) is 0 Å². The number of rotatable bonds is 6. The number of aromatic nitrogens is 2. The van der Waals surface area contributed by atoms with Gasteiger partial charge in [0.05, 0.1) is 6.54 Å². The lowest BCUT2D eigenvalue weighted by molar-refractivity contribution is 0.383. The number of aryl methyl sites for hydroxylation is 1. The highest BCUT2D eigenvalue weighted by Crippen LogP contribution is 2.09. The van der Waals surface area contributed by atoms with Gasteiger partial charge in [0.2, 0.25) is 5.89 Å². The Morgan fingerprint density at radius 3 is 2.71 bits per heavy atom. The normalized spacial score (nSPS) is 11.6. The number of anilines is 1. The molecule has 5 nitrogen and oxygen atoms in total. The molecule has 0 saturated heterocycles. The lowest BCUT2D eigenvalue weighted by Crippen LogP contribution is -2.35. The molecule has 5 heteroatoms. The molecule has 1 aromatic heterocycles. The van der Waals surface area contributed by atoms with Crippen molar-refractivity contribution < 1.29 is 4.42 Å². The quantitative estimate of drug-likeness (QED) is 0.855. The third-order valence-corrected chi connectivity index (χ3v) is 3.01. The zero-order chi connectivity index (χ0) is 15.3. The van der Waals surface area contributed by atoms with Crippen molar-refractivity contribution in [3.05, 3.63) is 41.3 Å². The predicted octanol–water partition coefficient (Wildman–Crippen LogP) is 2.92. The van der Waals surface area contributed by atoms with E-state index in [1.807, 2.05) is 0 Å². The van der Waals surface area contributed by atoms with Crippen LogP contribution in [0.1, 0.15) is 37.8 Å². The lowest BCUT2D eigenvalue weighted by atomic mass is 10.1. The van der Waals surface area contributed by atoms with Gasteiger partial charge in [-0.1, -0.05) is 34.9 Å². The molecule has 2 N–H and O–H groups in total. The molecular weight excluding hydrogens is 264 g/mol. The summed E-state index contributed by atoms with van der Waals surface area (Å²) in [5, 5.41) is 14.5. The van der Waals surface area contributed by atoms with Crippen molar-refractivity contribution in [3.63, 3.8) is 0 Å². The Hall–Kier alpha value is -1.88. The number of nitrogens with one attached hydrogen (secondary N) is 2. The molecule has 0 amide bonds.